The van der Waals surface area contributed by atoms with Crippen molar-refractivity contribution in [3.8, 4) is 0 Å². The SMILES string of the molecule is CN1C(=O)C(=O)N(Cc2ccc(C(=O)O)cn2)C1=O. The smallest absolute Gasteiger partial charge is 0.337 e. The molecule has 0 atom stereocenters. The number of aromatic carboxylic acids is 1. The zero-order chi connectivity index (χ0) is 14.2. The molecule has 1 saturated heterocycles. The summed E-state index contributed by atoms with van der Waals surface area (Å²) in [6.07, 6.45) is 1.12. The van der Waals surface area contributed by atoms with Crippen LogP contribution in [0.3, 0.4) is 0 Å². The largest absolute Gasteiger partial charge is 0.478 e. The molecule has 0 aliphatic carbocycles. The van der Waals surface area contributed by atoms with Gasteiger partial charge in [0, 0.05) is 13.2 Å². The first-order valence-electron chi connectivity index (χ1n) is 5.23. The van der Waals surface area contributed by atoms with Gasteiger partial charge in [-0.25, -0.2) is 14.5 Å². The van der Waals surface area contributed by atoms with Crippen molar-refractivity contribution in [1.29, 1.82) is 0 Å². The Kier molecular flexibility index (Phi) is 2.99. The molecule has 1 N–H and O–H groups in total. The Labute approximate surface area is 107 Å². The highest BCUT2D eigenvalue weighted by Gasteiger charge is 2.42. The van der Waals surface area contributed by atoms with Gasteiger partial charge in [-0.15, -0.1) is 0 Å². The normalized spacial score (nSPS) is 15.3. The van der Waals surface area contributed by atoms with Gasteiger partial charge in [-0.2, -0.15) is 0 Å². The molecule has 0 bridgehead atoms. The van der Waals surface area contributed by atoms with E-state index >= 15 is 0 Å². The van der Waals surface area contributed by atoms with E-state index in [2.05, 4.69) is 4.98 Å². The topological polar surface area (TPSA) is 108 Å². The van der Waals surface area contributed by atoms with Gasteiger partial charge >= 0.3 is 23.8 Å². The Hall–Kier alpha value is -2.77. The maximum atomic E-state index is 11.6. The summed E-state index contributed by atoms with van der Waals surface area (Å²) < 4.78 is 0. The van der Waals surface area contributed by atoms with E-state index in [1.54, 1.807) is 0 Å². The van der Waals surface area contributed by atoms with Crippen LogP contribution < -0.4 is 0 Å². The third-order valence-electron chi connectivity index (χ3n) is 2.64. The van der Waals surface area contributed by atoms with Gasteiger partial charge in [0.15, 0.2) is 0 Å². The van der Waals surface area contributed by atoms with E-state index in [0.29, 0.717) is 10.6 Å². The highest BCUT2D eigenvalue weighted by molar-refractivity contribution is 6.44. The number of rotatable bonds is 3. The lowest BCUT2D eigenvalue weighted by Crippen LogP contribution is -2.31. The van der Waals surface area contributed by atoms with Gasteiger partial charge in [-0.3, -0.25) is 19.5 Å². The number of nitrogens with zero attached hydrogens (tertiary/aromatic N) is 3. The molecular weight excluding hydrogens is 254 g/mol. The molecule has 8 nitrogen and oxygen atoms in total. The number of hydrogen-bond donors (Lipinski definition) is 1. The summed E-state index contributed by atoms with van der Waals surface area (Å²) in [6, 6.07) is 1.97. The molecule has 0 aromatic carbocycles. The van der Waals surface area contributed by atoms with Crippen LogP contribution in [0.5, 0.6) is 0 Å². The van der Waals surface area contributed by atoms with Crippen molar-refractivity contribution in [2.75, 3.05) is 7.05 Å². The minimum atomic E-state index is -1.12. The van der Waals surface area contributed by atoms with Crippen LogP contribution in [-0.4, -0.2) is 50.8 Å². The number of urea groups is 1. The Morgan fingerprint density at radius 3 is 2.37 bits per heavy atom. The van der Waals surface area contributed by atoms with E-state index in [4.69, 9.17) is 5.11 Å². The Morgan fingerprint density at radius 1 is 1.26 bits per heavy atom. The van der Waals surface area contributed by atoms with Crippen LogP contribution in [0.15, 0.2) is 18.3 Å². The van der Waals surface area contributed by atoms with Crippen LogP contribution in [-0.2, 0) is 16.1 Å². The van der Waals surface area contributed by atoms with Crippen molar-refractivity contribution in [2.45, 2.75) is 6.54 Å². The molecule has 2 rings (SSSR count). The quantitative estimate of drug-likeness (QED) is 0.592. The third-order valence-corrected chi connectivity index (χ3v) is 2.64. The minimum Gasteiger partial charge on any atom is -0.478 e. The first kappa shape index (κ1) is 12.7. The number of carboxylic acids is 1. The number of aromatic nitrogens is 1. The van der Waals surface area contributed by atoms with Crippen LogP contribution in [0.2, 0.25) is 0 Å². The number of carbonyl (C=O) groups is 4. The molecular formula is C11H9N3O5. The second kappa shape index (κ2) is 4.48. The summed E-state index contributed by atoms with van der Waals surface area (Å²) >= 11 is 0. The monoisotopic (exact) mass is 263 g/mol. The van der Waals surface area contributed by atoms with Crippen molar-refractivity contribution in [3.63, 3.8) is 0 Å². The lowest BCUT2D eigenvalue weighted by Gasteiger charge is -2.12. The number of carbonyl (C=O) groups excluding carboxylic acids is 3. The first-order chi connectivity index (χ1) is 8.91. The molecule has 98 valence electrons. The Bertz CT molecular complexity index is 580. The van der Waals surface area contributed by atoms with Gasteiger partial charge in [-0.05, 0) is 12.1 Å². The van der Waals surface area contributed by atoms with E-state index < -0.39 is 23.8 Å². The van der Waals surface area contributed by atoms with Crippen molar-refractivity contribution in [1.82, 2.24) is 14.8 Å². The summed E-state index contributed by atoms with van der Waals surface area (Å²) in [6.45, 7) is -0.173. The molecule has 0 radical (unpaired) electrons. The maximum absolute atomic E-state index is 11.6. The highest BCUT2D eigenvalue weighted by Crippen LogP contribution is 2.13. The van der Waals surface area contributed by atoms with E-state index in [0.717, 1.165) is 11.1 Å². The van der Waals surface area contributed by atoms with Crippen LogP contribution in [0.1, 0.15) is 16.1 Å². The number of pyridine rings is 1. The van der Waals surface area contributed by atoms with Crippen LogP contribution in [0.4, 0.5) is 4.79 Å². The van der Waals surface area contributed by atoms with Crippen molar-refractivity contribution in [2.24, 2.45) is 0 Å². The number of imide groups is 2. The number of amides is 4. The molecule has 0 spiro atoms. The molecule has 1 aromatic rings. The zero-order valence-electron chi connectivity index (χ0n) is 9.86. The predicted molar refractivity (Wildman–Crippen MR) is 59.9 cm³/mol. The first-order valence-corrected chi connectivity index (χ1v) is 5.23. The lowest BCUT2D eigenvalue weighted by molar-refractivity contribution is -0.143. The minimum absolute atomic E-state index is 0.00369. The fraction of sp³-hybridized carbons (Fsp3) is 0.182. The third kappa shape index (κ3) is 2.15. The van der Waals surface area contributed by atoms with Crippen molar-refractivity contribution in [3.05, 3.63) is 29.6 Å². The zero-order valence-corrected chi connectivity index (χ0v) is 9.86. The summed E-state index contributed by atoms with van der Waals surface area (Å²) in [5.41, 5.74) is 0.311. The molecule has 0 saturated carbocycles. The van der Waals surface area contributed by atoms with E-state index in [9.17, 15) is 19.2 Å². The second-order valence-electron chi connectivity index (χ2n) is 3.88. The van der Waals surface area contributed by atoms with Crippen LogP contribution in [0.25, 0.3) is 0 Å². The van der Waals surface area contributed by atoms with Crippen LogP contribution in [0, 0.1) is 0 Å². The molecule has 1 fully saturated rings. The fourth-order valence-corrected chi connectivity index (χ4v) is 1.56. The van der Waals surface area contributed by atoms with E-state index in [1.165, 1.54) is 19.2 Å². The lowest BCUT2D eigenvalue weighted by atomic mass is 10.2. The number of likely N-dealkylation sites (N-methyl/N-ethyl adjacent to an activating group) is 1. The average molecular weight is 263 g/mol. The molecule has 2 heterocycles. The van der Waals surface area contributed by atoms with Crippen molar-refractivity contribution < 1.29 is 24.3 Å². The standard InChI is InChI=1S/C11H9N3O5/c1-13-8(15)9(16)14(11(13)19)5-7-3-2-6(4-12-7)10(17)18/h2-4H,5H2,1H3,(H,17,18). The Morgan fingerprint density at radius 2 is 1.95 bits per heavy atom. The highest BCUT2D eigenvalue weighted by atomic mass is 16.4. The van der Waals surface area contributed by atoms with E-state index in [-0.39, 0.29) is 12.1 Å². The molecule has 1 aliphatic heterocycles. The summed E-state index contributed by atoms with van der Waals surface area (Å²) in [5.74, 6) is -2.94. The van der Waals surface area contributed by atoms with Gasteiger partial charge in [0.05, 0.1) is 17.8 Å². The van der Waals surface area contributed by atoms with Gasteiger partial charge in [0.2, 0.25) is 0 Å². The van der Waals surface area contributed by atoms with Gasteiger partial charge in [0.25, 0.3) is 0 Å². The van der Waals surface area contributed by atoms with Gasteiger partial charge in [0.1, 0.15) is 0 Å². The second-order valence-corrected chi connectivity index (χ2v) is 3.88. The van der Waals surface area contributed by atoms with Crippen molar-refractivity contribution >= 4 is 23.8 Å². The number of carboxylic acid groups (broad SMARTS) is 1. The predicted octanol–water partition coefficient (Wildman–Crippen LogP) is -0.300. The van der Waals surface area contributed by atoms with Gasteiger partial charge in [-0.1, -0.05) is 0 Å². The summed E-state index contributed by atoms with van der Waals surface area (Å²) in [5, 5.41) is 8.70. The molecule has 8 heteroatoms. The summed E-state index contributed by atoms with van der Waals surface area (Å²) in [4.78, 5) is 50.3. The Balaban J connectivity index is 2.18. The molecule has 1 aliphatic rings. The van der Waals surface area contributed by atoms with Crippen LogP contribution >= 0.6 is 0 Å². The van der Waals surface area contributed by atoms with E-state index in [1.807, 2.05) is 0 Å². The average Bonchev–Trinajstić information content (AvgIpc) is 2.57. The molecule has 1 aromatic heterocycles. The molecule has 19 heavy (non-hydrogen) atoms. The number of hydrogen-bond acceptors (Lipinski definition) is 5. The summed E-state index contributed by atoms with van der Waals surface area (Å²) in [7, 11) is 1.21. The maximum Gasteiger partial charge on any atom is 0.337 e. The molecule has 0 unspecified atom stereocenters. The molecule has 4 amide bonds. The fourth-order valence-electron chi connectivity index (χ4n) is 1.56. The van der Waals surface area contributed by atoms with Gasteiger partial charge < -0.3 is 5.11 Å².